The molecule has 1 aromatic rings. The van der Waals surface area contributed by atoms with Gasteiger partial charge in [-0.15, -0.1) is 5.10 Å². The van der Waals surface area contributed by atoms with E-state index in [2.05, 4.69) is 31.6 Å². The molecule has 6 nitrogen and oxygen atoms in total. The van der Waals surface area contributed by atoms with Crippen molar-refractivity contribution in [2.24, 2.45) is 7.05 Å². The monoisotopic (exact) mass is 276 g/mol. The number of aryl methyl sites for hydroxylation is 1. The smallest absolute Gasteiger partial charge is 0.272 e. The number of nitrogens with one attached hydrogen (secondary N) is 1. The van der Waals surface area contributed by atoms with E-state index >= 15 is 0 Å². The highest BCUT2D eigenvalue weighted by molar-refractivity contribution is 9.10. The minimum atomic E-state index is -0.666. The molecule has 0 unspecified atom stereocenters. The number of nitrogens with zero attached hydrogens (tertiary/aromatic N) is 3. The summed E-state index contributed by atoms with van der Waals surface area (Å²) in [5, 5.41) is 19.1. The van der Waals surface area contributed by atoms with E-state index in [0.717, 1.165) is 0 Å². The van der Waals surface area contributed by atoms with Gasteiger partial charge >= 0.3 is 0 Å². The van der Waals surface area contributed by atoms with E-state index in [0.29, 0.717) is 10.3 Å². The zero-order valence-electron chi connectivity index (χ0n) is 8.78. The molecule has 1 aromatic heterocycles. The van der Waals surface area contributed by atoms with Crippen LogP contribution in [0.5, 0.6) is 0 Å². The van der Waals surface area contributed by atoms with Gasteiger partial charge in [0.25, 0.3) is 5.91 Å². The molecule has 84 valence electrons. The van der Waals surface area contributed by atoms with E-state index in [-0.39, 0.29) is 12.5 Å². The quantitative estimate of drug-likeness (QED) is 0.820. The van der Waals surface area contributed by atoms with Crippen molar-refractivity contribution in [3.05, 3.63) is 10.3 Å². The lowest BCUT2D eigenvalue weighted by Gasteiger charge is -2.23. The van der Waals surface area contributed by atoms with Crippen molar-refractivity contribution in [2.75, 3.05) is 6.61 Å². The van der Waals surface area contributed by atoms with Crippen molar-refractivity contribution >= 4 is 21.8 Å². The molecule has 1 rings (SSSR count). The topological polar surface area (TPSA) is 80.0 Å². The molecule has 15 heavy (non-hydrogen) atoms. The molecule has 0 fully saturated rings. The normalized spacial score (nSPS) is 11.5. The van der Waals surface area contributed by atoms with Gasteiger partial charge in [0.2, 0.25) is 0 Å². The summed E-state index contributed by atoms with van der Waals surface area (Å²) in [7, 11) is 1.62. The number of carbonyl (C=O) groups excluding carboxylic acids is 1. The van der Waals surface area contributed by atoms with E-state index < -0.39 is 5.54 Å². The second-order valence-electron chi connectivity index (χ2n) is 3.85. The number of hydrogen-bond donors (Lipinski definition) is 2. The second kappa shape index (κ2) is 4.28. The van der Waals surface area contributed by atoms with Gasteiger partial charge in [0, 0.05) is 7.05 Å². The lowest BCUT2D eigenvalue weighted by molar-refractivity contribution is 0.0859. The molecule has 7 heteroatoms. The lowest BCUT2D eigenvalue weighted by Crippen LogP contribution is -2.46. The Kier molecular flexibility index (Phi) is 3.46. The number of hydrogen-bond acceptors (Lipinski definition) is 4. The van der Waals surface area contributed by atoms with Crippen molar-refractivity contribution in [1.82, 2.24) is 20.3 Å². The average Bonchev–Trinajstić information content (AvgIpc) is 2.45. The van der Waals surface area contributed by atoms with Gasteiger partial charge in [0.15, 0.2) is 10.3 Å². The molecule has 0 aromatic carbocycles. The number of carbonyl (C=O) groups is 1. The summed E-state index contributed by atoms with van der Waals surface area (Å²) in [6.45, 7) is 3.31. The maximum Gasteiger partial charge on any atom is 0.272 e. The Bertz CT molecular complexity index is 355. The van der Waals surface area contributed by atoms with Crippen molar-refractivity contribution in [3.63, 3.8) is 0 Å². The number of aliphatic hydroxyl groups excluding tert-OH is 1. The maximum absolute atomic E-state index is 11.8. The van der Waals surface area contributed by atoms with Gasteiger partial charge in [-0.3, -0.25) is 4.79 Å². The first-order valence-electron chi connectivity index (χ1n) is 4.36. The van der Waals surface area contributed by atoms with E-state index in [1.807, 2.05) is 0 Å². The van der Waals surface area contributed by atoms with E-state index in [9.17, 15) is 4.79 Å². The van der Waals surface area contributed by atoms with Crippen LogP contribution in [-0.2, 0) is 7.05 Å². The first-order chi connectivity index (χ1) is 6.87. The summed E-state index contributed by atoms with van der Waals surface area (Å²) in [5.41, 5.74) is -0.336. The minimum Gasteiger partial charge on any atom is -0.394 e. The molecule has 0 spiro atoms. The SMILES string of the molecule is Cn1nnc(Br)c1C(=O)NC(C)(C)CO. The fourth-order valence-corrected chi connectivity index (χ4v) is 1.49. The van der Waals surface area contributed by atoms with Crippen molar-refractivity contribution in [2.45, 2.75) is 19.4 Å². The van der Waals surface area contributed by atoms with Crippen LogP contribution in [0.25, 0.3) is 0 Å². The molecular formula is C8H13BrN4O2. The first kappa shape index (κ1) is 12.1. The van der Waals surface area contributed by atoms with Crippen molar-refractivity contribution in [3.8, 4) is 0 Å². The summed E-state index contributed by atoms with van der Waals surface area (Å²) in [4.78, 5) is 11.8. The number of halogens is 1. The summed E-state index contributed by atoms with van der Waals surface area (Å²) in [6, 6.07) is 0. The first-order valence-corrected chi connectivity index (χ1v) is 5.15. The predicted molar refractivity (Wildman–Crippen MR) is 57.3 cm³/mol. The number of amides is 1. The van der Waals surface area contributed by atoms with Gasteiger partial charge in [-0.05, 0) is 29.8 Å². The molecular weight excluding hydrogens is 264 g/mol. The second-order valence-corrected chi connectivity index (χ2v) is 4.60. The fraction of sp³-hybridized carbons (Fsp3) is 0.625. The van der Waals surface area contributed by atoms with Gasteiger partial charge in [-0.1, -0.05) is 5.21 Å². The molecule has 0 bridgehead atoms. The highest BCUT2D eigenvalue weighted by Crippen LogP contribution is 2.12. The maximum atomic E-state index is 11.8. The van der Waals surface area contributed by atoms with Crippen LogP contribution < -0.4 is 5.32 Å². The van der Waals surface area contributed by atoms with Gasteiger partial charge in [-0.25, -0.2) is 4.68 Å². The Morgan fingerprint density at radius 1 is 1.67 bits per heavy atom. The van der Waals surface area contributed by atoms with E-state index in [1.54, 1.807) is 20.9 Å². The summed E-state index contributed by atoms with van der Waals surface area (Å²) < 4.78 is 1.75. The van der Waals surface area contributed by atoms with Crippen LogP contribution in [0, 0.1) is 0 Å². The third-order valence-electron chi connectivity index (χ3n) is 1.85. The van der Waals surface area contributed by atoms with Gasteiger partial charge < -0.3 is 10.4 Å². The molecule has 0 saturated carbocycles. The highest BCUT2D eigenvalue weighted by atomic mass is 79.9. The summed E-state index contributed by atoms with van der Waals surface area (Å²) >= 11 is 3.13. The highest BCUT2D eigenvalue weighted by Gasteiger charge is 2.24. The van der Waals surface area contributed by atoms with Crippen LogP contribution in [0.4, 0.5) is 0 Å². The van der Waals surface area contributed by atoms with Crippen LogP contribution in [0.15, 0.2) is 4.60 Å². The van der Waals surface area contributed by atoms with Gasteiger partial charge in [-0.2, -0.15) is 0 Å². The zero-order chi connectivity index (χ0) is 11.6. The predicted octanol–water partition coefficient (Wildman–Crippen LogP) is 0.0783. The van der Waals surface area contributed by atoms with Gasteiger partial charge in [0.05, 0.1) is 12.1 Å². The van der Waals surface area contributed by atoms with Crippen LogP contribution >= 0.6 is 15.9 Å². The fourth-order valence-electron chi connectivity index (χ4n) is 0.979. The summed E-state index contributed by atoms with van der Waals surface area (Å²) in [5.74, 6) is -0.326. The number of rotatable bonds is 3. The number of aliphatic hydroxyl groups is 1. The van der Waals surface area contributed by atoms with Gasteiger partial charge in [0.1, 0.15) is 0 Å². The van der Waals surface area contributed by atoms with Crippen LogP contribution in [0.3, 0.4) is 0 Å². The Labute approximate surface area is 95.8 Å². The minimum absolute atomic E-state index is 0.137. The standard InChI is InChI=1S/C8H13BrN4O2/c1-8(2,4-14)10-7(15)5-6(9)11-12-13(5)3/h14H,4H2,1-3H3,(H,10,15). The Morgan fingerprint density at radius 3 is 2.67 bits per heavy atom. The lowest BCUT2D eigenvalue weighted by atomic mass is 10.1. The summed E-state index contributed by atoms with van der Waals surface area (Å²) in [6.07, 6.45) is 0. The average molecular weight is 277 g/mol. The zero-order valence-corrected chi connectivity index (χ0v) is 10.4. The number of aromatic nitrogens is 3. The molecule has 0 atom stereocenters. The Hall–Kier alpha value is -0.950. The molecule has 0 aliphatic carbocycles. The van der Waals surface area contributed by atoms with Crippen LogP contribution in [0.2, 0.25) is 0 Å². The Morgan fingerprint density at radius 2 is 2.27 bits per heavy atom. The molecule has 0 radical (unpaired) electrons. The van der Waals surface area contributed by atoms with E-state index in [4.69, 9.17) is 5.11 Å². The van der Waals surface area contributed by atoms with Crippen molar-refractivity contribution in [1.29, 1.82) is 0 Å². The molecule has 1 amide bonds. The molecule has 2 N–H and O–H groups in total. The van der Waals surface area contributed by atoms with Crippen molar-refractivity contribution < 1.29 is 9.90 Å². The Balaban J connectivity index is 2.87. The largest absolute Gasteiger partial charge is 0.394 e. The molecule has 0 saturated heterocycles. The molecule has 1 heterocycles. The van der Waals surface area contributed by atoms with Crippen LogP contribution in [-0.4, -0.2) is 38.2 Å². The molecule has 0 aliphatic heterocycles. The molecule has 0 aliphatic rings. The third-order valence-corrected chi connectivity index (χ3v) is 2.38. The van der Waals surface area contributed by atoms with E-state index in [1.165, 1.54) is 4.68 Å². The van der Waals surface area contributed by atoms with Crippen LogP contribution in [0.1, 0.15) is 24.3 Å². The third kappa shape index (κ3) is 2.75.